The van der Waals surface area contributed by atoms with Crippen LogP contribution in [0.15, 0.2) is 24.5 Å². The highest BCUT2D eigenvalue weighted by Crippen LogP contribution is 2.39. The summed E-state index contributed by atoms with van der Waals surface area (Å²) in [6, 6.07) is 4.71. The summed E-state index contributed by atoms with van der Waals surface area (Å²) in [6.45, 7) is 4.52. The molecule has 28 heavy (non-hydrogen) atoms. The van der Waals surface area contributed by atoms with Gasteiger partial charge in [-0.3, -0.25) is 0 Å². The van der Waals surface area contributed by atoms with Crippen LogP contribution in [0.5, 0.6) is 0 Å². The maximum absolute atomic E-state index is 4.59. The smallest absolute Gasteiger partial charge is 0.169 e. The Kier molecular flexibility index (Phi) is 6.79. The Morgan fingerprint density at radius 1 is 0.821 bits per heavy atom. The molecule has 2 nitrogen and oxygen atoms in total. The maximum atomic E-state index is 4.59. The number of aryl methyl sites for hydroxylation is 2. The van der Waals surface area contributed by atoms with E-state index in [1.54, 1.807) is 4.88 Å². The lowest BCUT2D eigenvalue weighted by atomic mass is 9.78. The highest BCUT2D eigenvalue weighted by molar-refractivity contribution is 7.29. The van der Waals surface area contributed by atoms with Crippen LogP contribution in [0.25, 0.3) is 20.1 Å². The number of aromatic nitrogens is 2. The van der Waals surface area contributed by atoms with Crippen LogP contribution in [0.1, 0.15) is 75.7 Å². The summed E-state index contributed by atoms with van der Waals surface area (Å²) >= 11 is 3.82. The van der Waals surface area contributed by atoms with Crippen LogP contribution in [0.3, 0.4) is 0 Å². The Morgan fingerprint density at radius 3 is 2.14 bits per heavy atom. The molecule has 1 saturated carbocycles. The predicted octanol–water partition coefficient (Wildman–Crippen LogP) is 7.91. The summed E-state index contributed by atoms with van der Waals surface area (Å²) in [7, 11) is 0. The molecule has 0 aliphatic heterocycles. The quantitative estimate of drug-likeness (QED) is 0.375. The monoisotopic (exact) mass is 412 g/mol. The fourth-order valence-corrected chi connectivity index (χ4v) is 6.97. The lowest BCUT2D eigenvalue weighted by Crippen LogP contribution is -2.14. The topological polar surface area (TPSA) is 25.8 Å². The lowest BCUT2D eigenvalue weighted by molar-refractivity contribution is 0.252. The third-order valence-electron chi connectivity index (χ3n) is 6.18. The molecular formula is C24H32N2S2. The van der Waals surface area contributed by atoms with E-state index in [2.05, 4.69) is 35.9 Å². The van der Waals surface area contributed by atoms with Crippen LogP contribution in [0.2, 0.25) is 0 Å². The minimum atomic E-state index is 0.874. The van der Waals surface area contributed by atoms with Crippen molar-refractivity contribution in [2.24, 2.45) is 11.8 Å². The predicted molar refractivity (Wildman–Crippen MR) is 123 cm³/mol. The van der Waals surface area contributed by atoms with E-state index >= 15 is 0 Å². The Hall–Kier alpha value is -1.26. The van der Waals surface area contributed by atoms with Crippen LogP contribution < -0.4 is 0 Å². The van der Waals surface area contributed by atoms with Crippen molar-refractivity contribution < 1.29 is 0 Å². The number of hydrogen-bond acceptors (Lipinski definition) is 4. The van der Waals surface area contributed by atoms with Gasteiger partial charge in [0, 0.05) is 26.7 Å². The molecule has 3 heterocycles. The van der Waals surface area contributed by atoms with Crippen LogP contribution in [-0.4, -0.2) is 9.97 Å². The van der Waals surface area contributed by atoms with E-state index in [0.717, 1.165) is 30.5 Å². The van der Waals surface area contributed by atoms with Gasteiger partial charge in [0.15, 0.2) is 5.82 Å². The van der Waals surface area contributed by atoms with Gasteiger partial charge in [-0.15, -0.1) is 22.7 Å². The van der Waals surface area contributed by atoms with Gasteiger partial charge in [-0.1, -0.05) is 58.8 Å². The minimum absolute atomic E-state index is 0.874. The van der Waals surface area contributed by atoms with Gasteiger partial charge in [-0.05, 0) is 48.8 Å². The molecule has 1 aliphatic carbocycles. The van der Waals surface area contributed by atoms with Crippen molar-refractivity contribution in [3.63, 3.8) is 0 Å². The normalized spacial score (nSPS) is 20.1. The molecule has 1 fully saturated rings. The van der Waals surface area contributed by atoms with Crippen molar-refractivity contribution in [2.75, 3.05) is 0 Å². The second-order valence-corrected chi connectivity index (χ2v) is 10.7. The summed E-state index contributed by atoms with van der Waals surface area (Å²) in [5, 5.41) is 0. The number of rotatable bonds is 8. The summed E-state index contributed by atoms with van der Waals surface area (Å²) in [6.07, 6.45) is 17.5. The summed E-state index contributed by atoms with van der Waals surface area (Å²) < 4.78 is 2.81. The molecular weight excluding hydrogens is 380 g/mol. The average Bonchev–Trinajstić information content (AvgIpc) is 3.27. The summed E-state index contributed by atoms with van der Waals surface area (Å²) in [5.41, 5.74) is 1.23. The van der Waals surface area contributed by atoms with E-state index in [9.17, 15) is 0 Å². The zero-order valence-corrected chi connectivity index (χ0v) is 18.9. The second kappa shape index (κ2) is 9.49. The van der Waals surface area contributed by atoms with Crippen molar-refractivity contribution in [1.82, 2.24) is 9.97 Å². The highest BCUT2D eigenvalue weighted by atomic mass is 32.1. The molecule has 0 unspecified atom stereocenters. The molecule has 3 aromatic heterocycles. The molecule has 0 bridgehead atoms. The van der Waals surface area contributed by atoms with E-state index in [1.165, 1.54) is 71.2 Å². The van der Waals surface area contributed by atoms with Crippen LogP contribution in [0, 0.1) is 11.8 Å². The van der Waals surface area contributed by atoms with Gasteiger partial charge in [0.25, 0.3) is 0 Å². The number of fused-ring (bicyclic) bond motifs is 1. The number of thiophene rings is 2. The first kappa shape index (κ1) is 20.0. The second-order valence-electron chi connectivity index (χ2n) is 8.43. The van der Waals surface area contributed by atoms with Gasteiger partial charge < -0.3 is 0 Å². The third-order valence-corrected chi connectivity index (χ3v) is 8.53. The van der Waals surface area contributed by atoms with Gasteiger partial charge in [-0.25, -0.2) is 9.97 Å². The van der Waals surface area contributed by atoms with E-state index < -0.39 is 0 Å². The molecule has 0 radical (unpaired) electrons. The Bertz CT molecular complexity index is 838. The van der Waals surface area contributed by atoms with Crippen molar-refractivity contribution in [2.45, 2.75) is 78.1 Å². The van der Waals surface area contributed by atoms with Crippen molar-refractivity contribution >= 4 is 32.1 Å². The van der Waals surface area contributed by atoms with Crippen LogP contribution >= 0.6 is 22.7 Å². The van der Waals surface area contributed by atoms with Gasteiger partial charge >= 0.3 is 0 Å². The molecule has 1 aliphatic rings. The first-order valence-corrected chi connectivity index (χ1v) is 12.7. The van der Waals surface area contributed by atoms with Crippen LogP contribution in [-0.2, 0) is 12.8 Å². The molecule has 4 heteroatoms. The summed E-state index contributed by atoms with van der Waals surface area (Å²) in [4.78, 5) is 11.9. The first-order valence-electron chi connectivity index (χ1n) is 11.1. The Labute approximate surface area is 177 Å². The van der Waals surface area contributed by atoms with Gasteiger partial charge in [-0.2, -0.15) is 0 Å². The standard InChI is InChI=1S/C24H32N2S2/c1-3-5-17-7-9-18(10-8-17)11-12-20-13-21-22(27-20)14-23(28-21)24-25-15-19(6-4-2)16-26-24/h13-18H,3-12H2,1-2H3. The zero-order chi connectivity index (χ0) is 19.3. The molecule has 0 N–H and O–H groups in total. The third kappa shape index (κ3) is 4.83. The fourth-order valence-electron chi connectivity index (χ4n) is 4.58. The number of hydrogen-bond donors (Lipinski definition) is 0. The Balaban J connectivity index is 1.34. The first-order chi connectivity index (χ1) is 13.7. The molecule has 3 aromatic rings. The molecule has 0 saturated heterocycles. The van der Waals surface area contributed by atoms with E-state index in [1.807, 2.05) is 35.1 Å². The molecule has 0 aromatic carbocycles. The lowest BCUT2D eigenvalue weighted by Gasteiger charge is -2.28. The minimum Gasteiger partial charge on any atom is -0.236 e. The van der Waals surface area contributed by atoms with E-state index in [-0.39, 0.29) is 0 Å². The highest BCUT2D eigenvalue weighted by Gasteiger charge is 2.20. The van der Waals surface area contributed by atoms with E-state index in [0.29, 0.717) is 0 Å². The SMILES string of the molecule is CCCc1cnc(-c2cc3sc(CCC4CCC(CCC)CC4)cc3s2)nc1. The van der Waals surface area contributed by atoms with Gasteiger partial charge in [0.2, 0.25) is 0 Å². The molecule has 0 amide bonds. The Morgan fingerprint density at radius 2 is 1.50 bits per heavy atom. The van der Waals surface area contributed by atoms with Gasteiger partial charge in [0.05, 0.1) is 4.88 Å². The molecule has 4 rings (SSSR count). The molecule has 0 spiro atoms. The fraction of sp³-hybridized carbons (Fsp3) is 0.583. The maximum Gasteiger partial charge on any atom is 0.169 e. The van der Waals surface area contributed by atoms with Crippen molar-refractivity contribution in [3.05, 3.63) is 35.0 Å². The van der Waals surface area contributed by atoms with E-state index in [4.69, 9.17) is 0 Å². The van der Waals surface area contributed by atoms with Crippen molar-refractivity contribution in [1.29, 1.82) is 0 Å². The zero-order valence-electron chi connectivity index (χ0n) is 17.2. The molecule has 150 valence electrons. The largest absolute Gasteiger partial charge is 0.236 e. The number of nitrogens with zero attached hydrogens (tertiary/aromatic N) is 2. The summed E-state index contributed by atoms with van der Waals surface area (Å²) in [5.74, 6) is 2.85. The molecule has 0 atom stereocenters. The average molecular weight is 413 g/mol. The van der Waals surface area contributed by atoms with Crippen LogP contribution in [0.4, 0.5) is 0 Å². The van der Waals surface area contributed by atoms with Gasteiger partial charge in [0.1, 0.15) is 0 Å². The van der Waals surface area contributed by atoms with Crippen molar-refractivity contribution in [3.8, 4) is 10.7 Å².